The summed E-state index contributed by atoms with van der Waals surface area (Å²) in [5.41, 5.74) is 1.18. The number of hydrogen-bond acceptors (Lipinski definition) is 3. The Kier molecular flexibility index (Phi) is 2.89. The summed E-state index contributed by atoms with van der Waals surface area (Å²) in [4.78, 5) is 0. The molecule has 3 heteroatoms. The predicted molar refractivity (Wildman–Crippen MR) is 52.4 cm³/mol. The van der Waals surface area contributed by atoms with Gasteiger partial charge in [-0.2, -0.15) is 0 Å². The SMILES string of the molecule is CCOCOC1=CCC2OC=CC2=C1. The first-order valence-corrected chi connectivity index (χ1v) is 4.84. The zero-order valence-electron chi connectivity index (χ0n) is 8.23. The standard InChI is InChI=1S/C11H14O3/c1-2-12-8-14-10-3-4-11-9(7-10)5-6-13-11/h3,5-7,11H,2,4,8H2,1H3. The average molecular weight is 194 g/mol. The smallest absolute Gasteiger partial charge is 0.188 e. The molecule has 0 radical (unpaired) electrons. The summed E-state index contributed by atoms with van der Waals surface area (Å²) in [7, 11) is 0. The van der Waals surface area contributed by atoms with Gasteiger partial charge in [0.2, 0.25) is 0 Å². The molecule has 0 fully saturated rings. The molecule has 2 aliphatic rings. The molecule has 1 heterocycles. The number of rotatable bonds is 4. The molecule has 1 aliphatic carbocycles. The lowest BCUT2D eigenvalue weighted by Gasteiger charge is -2.16. The van der Waals surface area contributed by atoms with Gasteiger partial charge in [0, 0.05) is 13.0 Å². The summed E-state index contributed by atoms with van der Waals surface area (Å²) in [5.74, 6) is 0.875. The Morgan fingerprint density at radius 1 is 1.57 bits per heavy atom. The van der Waals surface area contributed by atoms with E-state index in [-0.39, 0.29) is 6.10 Å². The normalized spacial score (nSPS) is 23.6. The fourth-order valence-electron chi connectivity index (χ4n) is 1.47. The van der Waals surface area contributed by atoms with Crippen molar-refractivity contribution in [3.8, 4) is 0 Å². The quantitative estimate of drug-likeness (QED) is 0.507. The van der Waals surface area contributed by atoms with Gasteiger partial charge in [-0.1, -0.05) is 0 Å². The Labute approximate surface area is 83.6 Å². The molecule has 0 aromatic carbocycles. The molecule has 0 aromatic rings. The summed E-state index contributed by atoms with van der Waals surface area (Å²) < 4.78 is 15.9. The first kappa shape index (κ1) is 9.34. The zero-order chi connectivity index (χ0) is 9.80. The molecule has 0 bridgehead atoms. The minimum Gasteiger partial charge on any atom is -0.493 e. The Hall–Kier alpha value is -1.22. The van der Waals surface area contributed by atoms with Crippen LogP contribution in [-0.2, 0) is 14.2 Å². The van der Waals surface area contributed by atoms with Gasteiger partial charge in [-0.3, -0.25) is 0 Å². The van der Waals surface area contributed by atoms with Crippen molar-refractivity contribution in [1.29, 1.82) is 0 Å². The van der Waals surface area contributed by atoms with Crippen LogP contribution in [0.5, 0.6) is 0 Å². The van der Waals surface area contributed by atoms with Crippen molar-refractivity contribution in [3.63, 3.8) is 0 Å². The molecule has 0 saturated carbocycles. The van der Waals surface area contributed by atoms with E-state index in [0.29, 0.717) is 13.4 Å². The van der Waals surface area contributed by atoms with Crippen molar-refractivity contribution < 1.29 is 14.2 Å². The van der Waals surface area contributed by atoms with Crippen LogP contribution in [0.1, 0.15) is 13.3 Å². The van der Waals surface area contributed by atoms with Crippen molar-refractivity contribution in [2.75, 3.05) is 13.4 Å². The highest BCUT2D eigenvalue weighted by Crippen LogP contribution is 2.26. The van der Waals surface area contributed by atoms with Crippen molar-refractivity contribution in [2.45, 2.75) is 19.4 Å². The lowest BCUT2D eigenvalue weighted by Crippen LogP contribution is -2.11. The second-order valence-corrected chi connectivity index (χ2v) is 3.17. The predicted octanol–water partition coefficient (Wildman–Crippen LogP) is 2.12. The van der Waals surface area contributed by atoms with Gasteiger partial charge in [-0.15, -0.1) is 0 Å². The highest BCUT2D eigenvalue weighted by Gasteiger charge is 2.20. The van der Waals surface area contributed by atoms with Crippen LogP contribution < -0.4 is 0 Å². The molecule has 0 amide bonds. The summed E-state index contributed by atoms with van der Waals surface area (Å²) in [6, 6.07) is 0. The van der Waals surface area contributed by atoms with Crippen LogP contribution in [0.2, 0.25) is 0 Å². The van der Waals surface area contributed by atoms with Crippen molar-refractivity contribution in [1.82, 2.24) is 0 Å². The maximum atomic E-state index is 5.40. The van der Waals surface area contributed by atoms with Gasteiger partial charge in [0.15, 0.2) is 6.79 Å². The van der Waals surface area contributed by atoms with Crippen LogP contribution in [0.25, 0.3) is 0 Å². The topological polar surface area (TPSA) is 27.7 Å². The van der Waals surface area contributed by atoms with E-state index in [2.05, 4.69) is 0 Å². The highest BCUT2D eigenvalue weighted by molar-refractivity contribution is 5.36. The molecule has 1 atom stereocenters. The van der Waals surface area contributed by atoms with E-state index < -0.39 is 0 Å². The van der Waals surface area contributed by atoms with Crippen molar-refractivity contribution in [3.05, 3.63) is 35.8 Å². The molecular formula is C11H14O3. The van der Waals surface area contributed by atoms with Gasteiger partial charge in [0.1, 0.15) is 11.9 Å². The molecule has 0 aromatic heterocycles. The van der Waals surface area contributed by atoms with Gasteiger partial charge in [0.25, 0.3) is 0 Å². The lowest BCUT2D eigenvalue weighted by atomic mass is 10.0. The number of fused-ring (bicyclic) bond motifs is 1. The molecular weight excluding hydrogens is 180 g/mol. The van der Waals surface area contributed by atoms with Crippen LogP contribution in [0.4, 0.5) is 0 Å². The van der Waals surface area contributed by atoms with Crippen LogP contribution in [0.3, 0.4) is 0 Å². The van der Waals surface area contributed by atoms with Gasteiger partial charge in [0.05, 0.1) is 6.26 Å². The van der Waals surface area contributed by atoms with E-state index in [9.17, 15) is 0 Å². The molecule has 2 rings (SSSR count). The number of ether oxygens (including phenoxy) is 3. The van der Waals surface area contributed by atoms with Gasteiger partial charge >= 0.3 is 0 Å². The minimum atomic E-state index is 0.203. The van der Waals surface area contributed by atoms with Crippen molar-refractivity contribution >= 4 is 0 Å². The summed E-state index contributed by atoms with van der Waals surface area (Å²) >= 11 is 0. The summed E-state index contributed by atoms with van der Waals surface area (Å²) in [5, 5.41) is 0. The molecule has 76 valence electrons. The fraction of sp³-hybridized carbons (Fsp3) is 0.455. The molecule has 1 unspecified atom stereocenters. The third kappa shape index (κ3) is 1.99. The largest absolute Gasteiger partial charge is 0.493 e. The third-order valence-electron chi connectivity index (χ3n) is 2.23. The average Bonchev–Trinajstić information content (AvgIpc) is 2.65. The number of allylic oxidation sites excluding steroid dienone is 1. The summed E-state index contributed by atoms with van der Waals surface area (Å²) in [6.45, 7) is 2.94. The maximum absolute atomic E-state index is 5.40. The Balaban J connectivity index is 1.89. The first-order valence-electron chi connectivity index (χ1n) is 4.84. The van der Waals surface area contributed by atoms with E-state index >= 15 is 0 Å². The maximum Gasteiger partial charge on any atom is 0.188 e. The zero-order valence-corrected chi connectivity index (χ0v) is 8.23. The second-order valence-electron chi connectivity index (χ2n) is 3.17. The van der Waals surface area contributed by atoms with Gasteiger partial charge < -0.3 is 14.2 Å². The van der Waals surface area contributed by atoms with Crippen molar-refractivity contribution in [2.24, 2.45) is 0 Å². The van der Waals surface area contributed by atoms with Gasteiger partial charge in [-0.25, -0.2) is 0 Å². The minimum absolute atomic E-state index is 0.203. The Morgan fingerprint density at radius 2 is 2.50 bits per heavy atom. The first-order chi connectivity index (χ1) is 6.90. The Bertz CT molecular complexity index is 289. The van der Waals surface area contributed by atoms with E-state index in [4.69, 9.17) is 14.2 Å². The Morgan fingerprint density at radius 3 is 3.36 bits per heavy atom. The van der Waals surface area contributed by atoms with Crippen LogP contribution in [0, 0.1) is 0 Å². The molecule has 14 heavy (non-hydrogen) atoms. The van der Waals surface area contributed by atoms with E-state index in [0.717, 1.165) is 12.2 Å². The molecule has 3 nitrogen and oxygen atoms in total. The number of hydrogen-bond donors (Lipinski definition) is 0. The highest BCUT2D eigenvalue weighted by atomic mass is 16.7. The van der Waals surface area contributed by atoms with Crippen LogP contribution in [-0.4, -0.2) is 19.5 Å². The van der Waals surface area contributed by atoms with Gasteiger partial charge in [-0.05, 0) is 30.7 Å². The molecule has 1 aliphatic heterocycles. The molecule has 0 spiro atoms. The molecule has 0 saturated heterocycles. The second kappa shape index (κ2) is 4.33. The van der Waals surface area contributed by atoms with E-state index in [1.807, 2.05) is 25.2 Å². The van der Waals surface area contributed by atoms with Crippen LogP contribution in [0.15, 0.2) is 35.8 Å². The monoisotopic (exact) mass is 194 g/mol. The summed E-state index contributed by atoms with van der Waals surface area (Å²) in [6.07, 6.45) is 8.81. The third-order valence-corrected chi connectivity index (χ3v) is 2.23. The fourth-order valence-corrected chi connectivity index (χ4v) is 1.47. The van der Waals surface area contributed by atoms with Crippen LogP contribution >= 0.6 is 0 Å². The van der Waals surface area contributed by atoms with E-state index in [1.54, 1.807) is 6.26 Å². The van der Waals surface area contributed by atoms with E-state index in [1.165, 1.54) is 5.57 Å². The lowest BCUT2D eigenvalue weighted by molar-refractivity contribution is -0.0147. The molecule has 0 N–H and O–H groups in total.